The molecule has 1 saturated heterocycles. The molecule has 1 atom stereocenters. The van der Waals surface area contributed by atoms with Crippen molar-refractivity contribution in [2.75, 3.05) is 13.1 Å². The number of nitrogens with one attached hydrogen (secondary N) is 1. The first-order chi connectivity index (χ1) is 11.8. The molecule has 4 heteroatoms. The smallest absolute Gasteiger partial charge is 0.187 e. The summed E-state index contributed by atoms with van der Waals surface area (Å²) in [6.07, 6.45) is 8.11. The predicted octanol–water partition coefficient (Wildman–Crippen LogP) is 3.32. The zero-order valence-corrected chi connectivity index (χ0v) is 14.3. The molecule has 0 radical (unpaired) electrons. The second kappa shape index (κ2) is 8.15. The number of hydrogen-bond acceptors (Lipinski definition) is 4. The van der Waals surface area contributed by atoms with Crippen molar-refractivity contribution in [3.63, 3.8) is 0 Å². The van der Waals surface area contributed by atoms with E-state index in [4.69, 9.17) is 0 Å². The van der Waals surface area contributed by atoms with Crippen LogP contribution in [0.1, 0.15) is 59.4 Å². The number of hydrogen-bond donors (Lipinski definition) is 1. The van der Waals surface area contributed by atoms with E-state index < -0.39 is 0 Å². The summed E-state index contributed by atoms with van der Waals surface area (Å²) < 4.78 is 0. The molecule has 0 unspecified atom stereocenters. The van der Waals surface area contributed by atoms with Gasteiger partial charge in [-0.05, 0) is 42.9 Å². The summed E-state index contributed by atoms with van der Waals surface area (Å²) in [5.74, 6) is 0.623. The summed E-state index contributed by atoms with van der Waals surface area (Å²) in [6.45, 7) is 4.28. The first-order valence-corrected chi connectivity index (χ1v) is 8.90. The van der Waals surface area contributed by atoms with E-state index in [0.29, 0.717) is 18.0 Å². The number of aromatic nitrogens is 2. The normalized spacial score (nSPS) is 17.6. The maximum absolute atomic E-state index is 12.4. The molecule has 3 rings (SSSR count). The van der Waals surface area contributed by atoms with Crippen LogP contribution in [-0.4, -0.2) is 28.8 Å². The van der Waals surface area contributed by atoms with E-state index in [9.17, 15) is 4.79 Å². The molecule has 2 aromatic rings. The number of ketones is 1. The monoisotopic (exact) mass is 323 g/mol. The van der Waals surface area contributed by atoms with Crippen molar-refractivity contribution in [2.45, 2.75) is 44.9 Å². The molecule has 1 aliphatic heterocycles. The van der Waals surface area contributed by atoms with E-state index in [2.05, 4.69) is 46.5 Å². The fourth-order valence-electron chi connectivity index (χ4n) is 3.20. The van der Waals surface area contributed by atoms with Crippen LogP contribution in [0.4, 0.5) is 0 Å². The molecule has 0 aliphatic carbocycles. The first-order valence-electron chi connectivity index (χ1n) is 8.90. The Balaban J connectivity index is 1.61. The molecule has 0 amide bonds. The van der Waals surface area contributed by atoms with Crippen LogP contribution in [-0.2, 0) is 12.8 Å². The average molecular weight is 323 g/mol. The lowest BCUT2D eigenvalue weighted by Crippen LogP contribution is -2.28. The molecule has 1 aliphatic rings. The van der Waals surface area contributed by atoms with E-state index in [-0.39, 0.29) is 5.78 Å². The zero-order valence-electron chi connectivity index (χ0n) is 14.3. The van der Waals surface area contributed by atoms with Gasteiger partial charge in [-0.1, -0.05) is 37.6 Å². The van der Waals surface area contributed by atoms with Gasteiger partial charge in [-0.25, -0.2) is 4.98 Å². The number of carbonyl (C=O) groups is 1. The van der Waals surface area contributed by atoms with Crippen LogP contribution in [0.3, 0.4) is 0 Å². The van der Waals surface area contributed by atoms with Crippen molar-refractivity contribution in [3.05, 3.63) is 59.2 Å². The highest BCUT2D eigenvalue weighted by Crippen LogP contribution is 2.23. The van der Waals surface area contributed by atoms with Gasteiger partial charge in [-0.15, -0.1) is 0 Å². The largest absolute Gasteiger partial charge is 0.316 e. The molecule has 24 heavy (non-hydrogen) atoms. The van der Waals surface area contributed by atoms with Crippen molar-refractivity contribution in [1.29, 1.82) is 0 Å². The minimum absolute atomic E-state index is 0.0256. The molecule has 0 bridgehead atoms. The van der Waals surface area contributed by atoms with Gasteiger partial charge in [0.15, 0.2) is 5.78 Å². The van der Waals surface area contributed by atoms with Crippen molar-refractivity contribution in [2.24, 2.45) is 0 Å². The molecule has 1 N–H and O–H groups in total. The number of carbonyl (C=O) groups excluding carboxylic acids is 1. The average Bonchev–Trinajstić information content (AvgIpc) is 2.64. The van der Waals surface area contributed by atoms with Gasteiger partial charge in [-0.3, -0.25) is 9.78 Å². The Kier molecular flexibility index (Phi) is 5.70. The van der Waals surface area contributed by atoms with Crippen LogP contribution in [0.25, 0.3) is 0 Å². The standard InChI is InChI=1S/C20H25N3O/c1-2-4-18-13-23-19(14-22-18)20(24)11-15-6-8-16(9-7-15)17-5-3-10-21-12-17/h6-9,13-14,17,21H,2-5,10-12H2,1H3/t17-/m1/s1. The van der Waals surface area contributed by atoms with Gasteiger partial charge in [0, 0.05) is 19.2 Å². The molecule has 0 saturated carbocycles. The van der Waals surface area contributed by atoms with Gasteiger partial charge >= 0.3 is 0 Å². The van der Waals surface area contributed by atoms with Crippen LogP contribution in [0.15, 0.2) is 36.7 Å². The second-order valence-electron chi connectivity index (χ2n) is 6.53. The molecular formula is C20H25N3O. The Hall–Kier alpha value is -2.07. The van der Waals surface area contributed by atoms with E-state index in [1.807, 2.05) is 0 Å². The van der Waals surface area contributed by atoms with E-state index in [1.165, 1.54) is 18.4 Å². The quantitative estimate of drug-likeness (QED) is 0.829. The Morgan fingerprint density at radius 2 is 2.04 bits per heavy atom. The predicted molar refractivity (Wildman–Crippen MR) is 95.3 cm³/mol. The molecule has 2 heterocycles. The van der Waals surface area contributed by atoms with Crippen molar-refractivity contribution < 1.29 is 4.79 Å². The number of rotatable bonds is 6. The zero-order chi connectivity index (χ0) is 16.8. The van der Waals surface area contributed by atoms with Crippen LogP contribution >= 0.6 is 0 Å². The lowest BCUT2D eigenvalue weighted by atomic mass is 9.91. The minimum Gasteiger partial charge on any atom is -0.316 e. The number of piperidine rings is 1. The van der Waals surface area contributed by atoms with Crippen LogP contribution in [0.5, 0.6) is 0 Å². The van der Waals surface area contributed by atoms with Crippen LogP contribution in [0, 0.1) is 0 Å². The highest BCUT2D eigenvalue weighted by atomic mass is 16.1. The van der Waals surface area contributed by atoms with Crippen LogP contribution < -0.4 is 5.32 Å². The third kappa shape index (κ3) is 4.26. The third-order valence-corrected chi connectivity index (χ3v) is 4.61. The van der Waals surface area contributed by atoms with Crippen molar-refractivity contribution in [3.8, 4) is 0 Å². The molecule has 0 spiro atoms. The van der Waals surface area contributed by atoms with Gasteiger partial charge in [0.1, 0.15) is 5.69 Å². The molecule has 1 aromatic carbocycles. The number of aryl methyl sites for hydroxylation is 1. The summed E-state index contributed by atoms with van der Waals surface area (Å²) in [5, 5.41) is 3.45. The highest BCUT2D eigenvalue weighted by molar-refractivity contribution is 5.95. The van der Waals surface area contributed by atoms with Gasteiger partial charge in [0.25, 0.3) is 0 Å². The SMILES string of the molecule is CCCc1cnc(C(=O)Cc2ccc([C@@H]3CCCNC3)cc2)cn1. The minimum atomic E-state index is 0.0256. The number of Topliss-reactive ketones (excluding diaryl/α,β-unsaturated/α-hetero) is 1. The topological polar surface area (TPSA) is 54.9 Å². The maximum atomic E-state index is 12.4. The second-order valence-corrected chi connectivity index (χ2v) is 6.53. The Morgan fingerprint density at radius 1 is 1.21 bits per heavy atom. The Bertz CT molecular complexity index is 658. The van der Waals surface area contributed by atoms with E-state index in [0.717, 1.165) is 37.2 Å². The van der Waals surface area contributed by atoms with Gasteiger partial charge in [0.2, 0.25) is 0 Å². The summed E-state index contributed by atoms with van der Waals surface area (Å²) in [5.41, 5.74) is 3.80. The maximum Gasteiger partial charge on any atom is 0.187 e. The number of benzene rings is 1. The lowest BCUT2D eigenvalue weighted by Gasteiger charge is -2.23. The fourth-order valence-corrected chi connectivity index (χ4v) is 3.20. The summed E-state index contributed by atoms with van der Waals surface area (Å²) in [7, 11) is 0. The Labute approximate surface area is 143 Å². The van der Waals surface area contributed by atoms with Gasteiger partial charge in [0.05, 0.1) is 11.9 Å². The van der Waals surface area contributed by atoms with Crippen molar-refractivity contribution in [1.82, 2.24) is 15.3 Å². The first kappa shape index (κ1) is 16.8. The molecule has 1 fully saturated rings. The molecular weight excluding hydrogens is 298 g/mol. The van der Waals surface area contributed by atoms with E-state index >= 15 is 0 Å². The molecule has 4 nitrogen and oxygen atoms in total. The third-order valence-electron chi connectivity index (χ3n) is 4.61. The lowest BCUT2D eigenvalue weighted by molar-refractivity contribution is 0.0988. The molecule has 126 valence electrons. The highest BCUT2D eigenvalue weighted by Gasteiger charge is 2.15. The summed E-state index contributed by atoms with van der Waals surface area (Å²) in [6, 6.07) is 8.47. The molecule has 1 aromatic heterocycles. The van der Waals surface area contributed by atoms with Crippen LogP contribution in [0.2, 0.25) is 0 Å². The van der Waals surface area contributed by atoms with E-state index in [1.54, 1.807) is 12.4 Å². The Morgan fingerprint density at radius 3 is 2.67 bits per heavy atom. The summed E-state index contributed by atoms with van der Waals surface area (Å²) in [4.78, 5) is 20.9. The van der Waals surface area contributed by atoms with Crippen molar-refractivity contribution >= 4 is 5.78 Å². The van der Waals surface area contributed by atoms with Gasteiger partial charge < -0.3 is 5.32 Å². The number of nitrogens with zero attached hydrogens (tertiary/aromatic N) is 2. The van der Waals surface area contributed by atoms with Gasteiger partial charge in [-0.2, -0.15) is 0 Å². The fraction of sp³-hybridized carbons (Fsp3) is 0.450. The summed E-state index contributed by atoms with van der Waals surface area (Å²) >= 11 is 0.